The predicted octanol–water partition coefficient (Wildman–Crippen LogP) is 15.0. The molecule has 11 aromatic rings. The summed E-state index contributed by atoms with van der Waals surface area (Å²) in [7, 11) is 0. The van der Waals surface area contributed by atoms with E-state index in [-0.39, 0.29) is 0 Å². The first-order valence-electron chi connectivity index (χ1n) is 18.5. The first-order chi connectivity index (χ1) is 26.8. The third-order valence-electron chi connectivity index (χ3n) is 11.0. The van der Waals surface area contributed by atoms with Gasteiger partial charge in [-0.1, -0.05) is 158 Å². The van der Waals surface area contributed by atoms with Gasteiger partial charge < -0.3 is 9.32 Å². The van der Waals surface area contributed by atoms with Crippen LogP contribution in [-0.2, 0) is 0 Å². The summed E-state index contributed by atoms with van der Waals surface area (Å²) in [6, 6.07) is 72.3. The van der Waals surface area contributed by atoms with E-state index in [0.717, 1.165) is 44.6 Å². The Kier molecular flexibility index (Phi) is 6.90. The highest BCUT2D eigenvalue weighted by Crippen LogP contribution is 2.46. The molecule has 0 saturated carbocycles. The zero-order valence-electron chi connectivity index (χ0n) is 29.4. The van der Waals surface area contributed by atoms with Crippen molar-refractivity contribution in [3.8, 4) is 22.3 Å². The standard InChI is InChI=1S/C52H33NO/c1-2-12-39-32-41(27-20-34(39)10-1)43-13-5-7-17-48(43)53(49-18-9-16-46-45-15-6-8-19-50(45)54-52(46)49)42-30-28-35(29-31-42)40-26-23-37-22-25-38-24-21-36-11-3-4-14-44(36)51(38)47(37)33-40/h1-33H. The number of nitrogens with zero attached hydrogens (tertiary/aromatic N) is 1. The van der Waals surface area contributed by atoms with Gasteiger partial charge in [0.05, 0.1) is 11.4 Å². The van der Waals surface area contributed by atoms with Crippen molar-refractivity contribution in [2.24, 2.45) is 0 Å². The van der Waals surface area contributed by atoms with Crippen LogP contribution in [0.2, 0.25) is 0 Å². The maximum atomic E-state index is 6.67. The van der Waals surface area contributed by atoms with E-state index >= 15 is 0 Å². The number of fused-ring (bicyclic) bond motifs is 9. The third-order valence-corrected chi connectivity index (χ3v) is 11.0. The van der Waals surface area contributed by atoms with Crippen LogP contribution in [0.3, 0.4) is 0 Å². The van der Waals surface area contributed by atoms with E-state index in [1.807, 2.05) is 6.07 Å². The number of para-hydroxylation sites is 3. The number of benzene rings is 10. The Balaban J connectivity index is 1.09. The second-order valence-corrected chi connectivity index (χ2v) is 14.1. The maximum Gasteiger partial charge on any atom is 0.159 e. The molecule has 10 aromatic carbocycles. The highest BCUT2D eigenvalue weighted by Gasteiger charge is 2.22. The van der Waals surface area contributed by atoms with Crippen LogP contribution < -0.4 is 4.90 Å². The fraction of sp³-hybridized carbons (Fsp3) is 0. The van der Waals surface area contributed by atoms with E-state index < -0.39 is 0 Å². The lowest BCUT2D eigenvalue weighted by atomic mass is 9.94. The second kappa shape index (κ2) is 12.2. The molecule has 0 aliphatic carbocycles. The van der Waals surface area contributed by atoms with Crippen molar-refractivity contribution in [2.45, 2.75) is 0 Å². The Labute approximate surface area is 312 Å². The van der Waals surface area contributed by atoms with Gasteiger partial charge in [-0.3, -0.25) is 0 Å². The van der Waals surface area contributed by atoms with E-state index in [1.54, 1.807) is 0 Å². The molecule has 0 radical (unpaired) electrons. The van der Waals surface area contributed by atoms with Crippen LogP contribution in [0.1, 0.15) is 0 Å². The van der Waals surface area contributed by atoms with E-state index in [1.165, 1.54) is 59.8 Å². The van der Waals surface area contributed by atoms with Crippen molar-refractivity contribution in [1.29, 1.82) is 0 Å². The smallest absolute Gasteiger partial charge is 0.159 e. The summed E-state index contributed by atoms with van der Waals surface area (Å²) in [6.07, 6.45) is 0. The Morgan fingerprint density at radius 3 is 1.80 bits per heavy atom. The quantitative estimate of drug-likeness (QED) is 0.168. The van der Waals surface area contributed by atoms with Crippen LogP contribution in [0, 0.1) is 0 Å². The predicted molar refractivity (Wildman–Crippen MR) is 229 cm³/mol. The highest BCUT2D eigenvalue weighted by atomic mass is 16.3. The first kappa shape index (κ1) is 30.5. The zero-order valence-corrected chi connectivity index (χ0v) is 29.4. The average molecular weight is 688 g/mol. The molecule has 1 aromatic heterocycles. The zero-order chi connectivity index (χ0) is 35.6. The van der Waals surface area contributed by atoms with Gasteiger partial charge in [-0.15, -0.1) is 0 Å². The van der Waals surface area contributed by atoms with Gasteiger partial charge in [0.25, 0.3) is 0 Å². The average Bonchev–Trinajstić information content (AvgIpc) is 3.63. The van der Waals surface area contributed by atoms with Crippen molar-refractivity contribution in [3.05, 3.63) is 200 Å². The Bertz CT molecular complexity index is 3220. The number of hydrogen-bond donors (Lipinski definition) is 0. The summed E-state index contributed by atoms with van der Waals surface area (Å²) in [6.45, 7) is 0. The molecule has 0 spiro atoms. The van der Waals surface area contributed by atoms with Gasteiger partial charge in [0.15, 0.2) is 5.58 Å². The van der Waals surface area contributed by atoms with Crippen LogP contribution in [0.5, 0.6) is 0 Å². The minimum atomic E-state index is 0.865. The molecular weight excluding hydrogens is 655 g/mol. The van der Waals surface area contributed by atoms with Crippen molar-refractivity contribution < 1.29 is 4.42 Å². The summed E-state index contributed by atoms with van der Waals surface area (Å²) in [5.41, 5.74) is 9.55. The Morgan fingerprint density at radius 2 is 0.926 bits per heavy atom. The fourth-order valence-electron chi connectivity index (χ4n) is 8.39. The van der Waals surface area contributed by atoms with Crippen LogP contribution in [0.25, 0.3) is 87.3 Å². The van der Waals surface area contributed by atoms with Gasteiger partial charge in [0, 0.05) is 22.0 Å². The van der Waals surface area contributed by atoms with Crippen molar-refractivity contribution >= 4 is 82.1 Å². The number of hydrogen-bond acceptors (Lipinski definition) is 2. The van der Waals surface area contributed by atoms with Crippen LogP contribution >= 0.6 is 0 Å². The summed E-state index contributed by atoms with van der Waals surface area (Å²) in [5.74, 6) is 0. The van der Waals surface area contributed by atoms with Gasteiger partial charge in [0.2, 0.25) is 0 Å². The molecule has 0 aliphatic heterocycles. The molecular formula is C52H33NO. The fourth-order valence-corrected chi connectivity index (χ4v) is 8.39. The molecule has 11 rings (SSSR count). The van der Waals surface area contributed by atoms with Gasteiger partial charge in [-0.25, -0.2) is 0 Å². The number of rotatable bonds is 5. The summed E-state index contributed by atoms with van der Waals surface area (Å²) in [4.78, 5) is 2.36. The SMILES string of the molecule is c1ccc(N(c2ccc(-c3ccc4ccc5ccc6ccccc6c5c4c3)cc2)c2cccc3c2oc2ccccc23)c(-c2ccc3ccccc3c2)c1. The molecule has 0 saturated heterocycles. The highest BCUT2D eigenvalue weighted by molar-refractivity contribution is 6.20. The summed E-state index contributed by atoms with van der Waals surface area (Å²) in [5, 5.41) is 12.3. The maximum absolute atomic E-state index is 6.67. The normalized spacial score (nSPS) is 11.7. The van der Waals surface area contributed by atoms with E-state index in [2.05, 4.69) is 199 Å². The molecule has 0 atom stereocenters. The second-order valence-electron chi connectivity index (χ2n) is 14.1. The first-order valence-corrected chi connectivity index (χ1v) is 18.5. The molecule has 0 unspecified atom stereocenters. The lowest BCUT2D eigenvalue weighted by Gasteiger charge is -2.28. The Hall–Kier alpha value is -7.16. The molecule has 54 heavy (non-hydrogen) atoms. The molecule has 0 fully saturated rings. The van der Waals surface area contributed by atoms with E-state index in [0.29, 0.717) is 0 Å². The summed E-state index contributed by atoms with van der Waals surface area (Å²) >= 11 is 0. The van der Waals surface area contributed by atoms with Crippen LogP contribution in [-0.4, -0.2) is 0 Å². The van der Waals surface area contributed by atoms with Crippen molar-refractivity contribution in [3.63, 3.8) is 0 Å². The van der Waals surface area contributed by atoms with E-state index in [4.69, 9.17) is 4.42 Å². The molecule has 2 heteroatoms. The van der Waals surface area contributed by atoms with Crippen LogP contribution in [0.4, 0.5) is 17.1 Å². The molecule has 0 bridgehead atoms. The van der Waals surface area contributed by atoms with Crippen LogP contribution in [0.15, 0.2) is 205 Å². The lowest BCUT2D eigenvalue weighted by Crippen LogP contribution is -2.11. The third kappa shape index (κ3) is 4.88. The van der Waals surface area contributed by atoms with Gasteiger partial charge in [0.1, 0.15) is 5.58 Å². The molecule has 2 nitrogen and oxygen atoms in total. The van der Waals surface area contributed by atoms with Gasteiger partial charge >= 0.3 is 0 Å². The molecule has 1 heterocycles. The van der Waals surface area contributed by atoms with Crippen molar-refractivity contribution in [2.75, 3.05) is 4.90 Å². The lowest BCUT2D eigenvalue weighted by molar-refractivity contribution is 0.669. The monoisotopic (exact) mass is 687 g/mol. The van der Waals surface area contributed by atoms with Gasteiger partial charge in [-0.05, 0) is 102 Å². The van der Waals surface area contributed by atoms with Gasteiger partial charge in [-0.2, -0.15) is 0 Å². The minimum absolute atomic E-state index is 0.865. The van der Waals surface area contributed by atoms with Crippen molar-refractivity contribution in [1.82, 2.24) is 0 Å². The number of furan rings is 1. The Morgan fingerprint density at radius 1 is 0.333 bits per heavy atom. The number of anilines is 3. The summed E-state index contributed by atoms with van der Waals surface area (Å²) < 4.78 is 6.67. The molecule has 252 valence electrons. The largest absolute Gasteiger partial charge is 0.454 e. The molecule has 0 N–H and O–H groups in total. The molecule has 0 aliphatic rings. The molecule has 0 amide bonds. The topological polar surface area (TPSA) is 16.4 Å². The van der Waals surface area contributed by atoms with E-state index in [9.17, 15) is 0 Å². The minimum Gasteiger partial charge on any atom is -0.454 e.